The van der Waals surface area contributed by atoms with Crippen LogP contribution in [-0.2, 0) is 9.59 Å². The van der Waals surface area contributed by atoms with Crippen LogP contribution in [0.5, 0.6) is 0 Å². The van der Waals surface area contributed by atoms with Gasteiger partial charge in [-0.15, -0.1) is 0 Å². The largest absolute Gasteiger partial charge is 0.330 e. The van der Waals surface area contributed by atoms with Crippen molar-refractivity contribution < 1.29 is 14.4 Å². The van der Waals surface area contributed by atoms with E-state index in [0.717, 1.165) is 32.1 Å². The van der Waals surface area contributed by atoms with Crippen molar-refractivity contribution in [3.63, 3.8) is 0 Å². The molecule has 1 heterocycles. The molecule has 6 heteroatoms. The van der Waals surface area contributed by atoms with Crippen molar-refractivity contribution in [3.05, 3.63) is 0 Å². The highest BCUT2D eigenvalue weighted by molar-refractivity contribution is 6.19. The number of amides is 4. The van der Waals surface area contributed by atoms with Crippen molar-refractivity contribution in [3.8, 4) is 0 Å². The maximum absolute atomic E-state index is 12.8. The second-order valence-electron chi connectivity index (χ2n) is 6.91. The Morgan fingerprint density at radius 3 is 2.14 bits per heavy atom. The van der Waals surface area contributed by atoms with E-state index < -0.39 is 17.4 Å². The average Bonchev–Trinajstić information content (AvgIpc) is 2.85. The van der Waals surface area contributed by atoms with E-state index in [4.69, 9.17) is 0 Å². The van der Waals surface area contributed by atoms with Gasteiger partial charge in [-0.1, -0.05) is 12.8 Å². The lowest BCUT2D eigenvalue weighted by Crippen LogP contribution is -2.68. The summed E-state index contributed by atoms with van der Waals surface area (Å²) in [4.78, 5) is 40.6. The minimum Gasteiger partial charge on any atom is -0.302 e. The van der Waals surface area contributed by atoms with Crippen molar-refractivity contribution in [1.82, 2.24) is 15.1 Å². The van der Waals surface area contributed by atoms with Crippen LogP contribution in [0.15, 0.2) is 0 Å². The maximum Gasteiger partial charge on any atom is 0.330 e. The molecule has 1 N–H and O–H groups in total. The Bertz CT molecular complexity index is 490. The van der Waals surface area contributed by atoms with E-state index in [1.165, 1.54) is 4.90 Å². The quantitative estimate of drug-likeness (QED) is 0.791. The molecule has 2 aliphatic carbocycles. The minimum absolute atomic E-state index is 0.118. The molecule has 0 unspecified atom stereocenters. The summed E-state index contributed by atoms with van der Waals surface area (Å²) >= 11 is 0. The molecule has 0 aromatic carbocycles. The highest BCUT2D eigenvalue weighted by atomic mass is 16.2. The molecule has 0 atom stereocenters. The summed E-state index contributed by atoms with van der Waals surface area (Å²) in [6.45, 7) is 0.389. The monoisotopic (exact) mass is 293 g/mol. The highest BCUT2D eigenvalue weighted by Gasteiger charge is 2.56. The maximum atomic E-state index is 12.8. The van der Waals surface area contributed by atoms with Crippen molar-refractivity contribution >= 4 is 17.8 Å². The Hall–Kier alpha value is -1.43. The van der Waals surface area contributed by atoms with Crippen LogP contribution < -0.4 is 5.32 Å². The molecule has 6 nitrogen and oxygen atoms in total. The molecule has 0 radical (unpaired) electrons. The van der Waals surface area contributed by atoms with E-state index in [1.54, 1.807) is 0 Å². The number of barbiturate groups is 1. The van der Waals surface area contributed by atoms with Gasteiger partial charge >= 0.3 is 6.03 Å². The first-order valence-electron chi connectivity index (χ1n) is 7.76. The average molecular weight is 293 g/mol. The molecular weight excluding hydrogens is 270 g/mol. The normalized spacial score (nSPS) is 27.2. The van der Waals surface area contributed by atoms with Crippen LogP contribution in [0, 0.1) is 5.41 Å². The Morgan fingerprint density at radius 1 is 1.05 bits per heavy atom. The van der Waals surface area contributed by atoms with Gasteiger partial charge in [0.2, 0.25) is 11.8 Å². The second kappa shape index (κ2) is 4.80. The van der Waals surface area contributed by atoms with Gasteiger partial charge in [0.1, 0.15) is 5.41 Å². The number of rotatable bonds is 3. The Labute approximate surface area is 124 Å². The smallest absolute Gasteiger partial charge is 0.302 e. The summed E-state index contributed by atoms with van der Waals surface area (Å²) in [5.74, 6) is -0.666. The third-order valence-corrected chi connectivity index (χ3v) is 5.70. The number of urea groups is 1. The molecule has 116 valence electrons. The molecule has 21 heavy (non-hydrogen) atoms. The first-order chi connectivity index (χ1) is 9.91. The summed E-state index contributed by atoms with van der Waals surface area (Å²) in [5, 5.41) is 2.41. The van der Waals surface area contributed by atoms with Gasteiger partial charge in [-0.05, 0) is 46.2 Å². The Balaban J connectivity index is 1.85. The highest BCUT2D eigenvalue weighted by Crippen LogP contribution is 2.43. The van der Waals surface area contributed by atoms with Crippen LogP contribution in [0.4, 0.5) is 4.79 Å². The lowest BCUT2D eigenvalue weighted by atomic mass is 9.74. The van der Waals surface area contributed by atoms with Crippen molar-refractivity contribution in [2.24, 2.45) is 5.41 Å². The van der Waals surface area contributed by atoms with Crippen molar-refractivity contribution in [2.75, 3.05) is 20.6 Å². The zero-order chi connectivity index (χ0) is 15.3. The van der Waals surface area contributed by atoms with Gasteiger partial charge in [-0.2, -0.15) is 0 Å². The SMILES string of the molecule is CN(C)C1(CN2C(=O)NC(=O)C3(CCCC3)C2=O)CCC1. The van der Waals surface area contributed by atoms with Crippen LogP contribution in [0.2, 0.25) is 0 Å². The van der Waals surface area contributed by atoms with Gasteiger partial charge in [0, 0.05) is 12.1 Å². The minimum atomic E-state index is -0.981. The van der Waals surface area contributed by atoms with Gasteiger partial charge in [-0.25, -0.2) is 4.79 Å². The van der Waals surface area contributed by atoms with Crippen molar-refractivity contribution in [2.45, 2.75) is 50.5 Å². The summed E-state index contributed by atoms with van der Waals surface area (Å²) in [7, 11) is 3.98. The van der Waals surface area contributed by atoms with Crippen LogP contribution in [-0.4, -0.2) is 53.8 Å². The summed E-state index contributed by atoms with van der Waals surface area (Å²) in [5.41, 5.74) is -1.10. The standard InChI is InChI=1S/C15H23N3O3/c1-17(2)14(6-5-7-14)10-18-12(20)15(8-3-4-9-15)11(19)16-13(18)21/h3-10H2,1-2H3,(H,16,19,21). The number of hydrogen-bond donors (Lipinski definition) is 1. The van der Waals surface area contributed by atoms with E-state index in [0.29, 0.717) is 19.4 Å². The van der Waals surface area contributed by atoms with Crippen LogP contribution in [0.3, 0.4) is 0 Å². The molecule has 1 saturated heterocycles. The topological polar surface area (TPSA) is 69.7 Å². The number of carbonyl (C=O) groups excluding carboxylic acids is 3. The first kappa shape index (κ1) is 14.5. The molecule has 0 bridgehead atoms. The molecule has 1 aliphatic heterocycles. The molecule has 1 spiro atoms. The molecule has 0 aromatic heterocycles. The van der Waals surface area contributed by atoms with Gasteiger partial charge in [0.25, 0.3) is 0 Å². The summed E-state index contributed by atoms with van der Waals surface area (Å²) in [6, 6.07) is -0.546. The Morgan fingerprint density at radius 2 is 1.67 bits per heavy atom. The van der Waals surface area contributed by atoms with Crippen LogP contribution in [0.25, 0.3) is 0 Å². The molecule has 2 saturated carbocycles. The van der Waals surface area contributed by atoms with Crippen LogP contribution in [0.1, 0.15) is 44.9 Å². The Kier molecular flexibility index (Phi) is 3.31. The number of imide groups is 2. The van der Waals surface area contributed by atoms with Gasteiger partial charge in [-0.3, -0.25) is 19.8 Å². The van der Waals surface area contributed by atoms with Crippen molar-refractivity contribution in [1.29, 1.82) is 0 Å². The summed E-state index contributed by atoms with van der Waals surface area (Å²) < 4.78 is 0. The third-order valence-electron chi connectivity index (χ3n) is 5.70. The molecule has 4 amide bonds. The van der Waals surface area contributed by atoms with E-state index in [1.807, 2.05) is 14.1 Å². The lowest BCUT2D eigenvalue weighted by molar-refractivity contribution is -0.153. The number of carbonyl (C=O) groups is 3. The number of likely N-dealkylation sites (N-methyl/N-ethyl adjacent to an activating group) is 1. The molecular formula is C15H23N3O3. The predicted octanol–water partition coefficient (Wildman–Crippen LogP) is 1.11. The van der Waals surface area contributed by atoms with Gasteiger partial charge in [0.05, 0.1) is 0 Å². The number of nitrogens with zero attached hydrogens (tertiary/aromatic N) is 2. The lowest BCUT2D eigenvalue weighted by Gasteiger charge is -2.50. The van der Waals surface area contributed by atoms with E-state index in [-0.39, 0.29) is 11.4 Å². The van der Waals surface area contributed by atoms with Gasteiger partial charge in [0.15, 0.2) is 0 Å². The number of hydrogen-bond acceptors (Lipinski definition) is 4. The first-order valence-corrected chi connectivity index (χ1v) is 7.76. The molecule has 3 aliphatic rings. The number of nitrogens with one attached hydrogen (secondary N) is 1. The predicted molar refractivity (Wildman–Crippen MR) is 76.4 cm³/mol. The van der Waals surface area contributed by atoms with E-state index in [2.05, 4.69) is 10.2 Å². The van der Waals surface area contributed by atoms with E-state index in [9.17, 15) is 14.4 Å². The van der Waals surface area contributed by atoms with Crippen LogP contribution >= 0.6 is 0 Å². The fourth-order valence-corrected chi connectivity index (χ4v) is 3.92. The zero-order valence-electron chi connectivity index (χ0n) is 12.8. The molecule has 3 rings (SSSR count). The van der Waals surface area contributed by atoms with Gasteiger partial charge < -0.3 is 4.90 Å². The zero-order valence-corrected chi connectivity index (χ0v) is 12.8. The second-order valence-corrected chi connectivity index (χ2v) is 6.91. The summed E-state index contributed by atoms with van der Waals surface area (Å²) in [6.07, 6.45) is 5.97. The third kappa shape index (κ3) is 1.99. The molecule has 3 fully saturated rings. The fraction of sp³-hybridized carbons (Fsp3) is 0.800. The molecule has 0 aromatic rings. The van der Waals surface area contributed by atoms with E-state index >= 15 is 0 Å². The fourth-order valence-electron chi connectivity index (χ4n) is 3.92.